The lowest BCUT2D eigenvalue weighted by molar-refractivity contribution is -0.383. The zero-order valence-corrected chi connectivity index (χ0v) is 17.0. The van der Waals surface area contributed by atoms with Crippen molar-refractivity contribution in [2.24, 2.45) is 0 Å². The summed E-state index contributed by atoms with van der Waals surface area (Å²) in [5, 5.41) is 19.7. The normalized spacial score (nSPS) is 22.5. The topological polar surface area (TPSA) is 117 Å². The van der Waals surface area contributed by atoms with Gasteiger partial charge in [0.05, 0.1) is 11.5 Å². The van der Waals surface area contributed by atoms with Crippen LogP contribution in [0, 0.1) is 10.1 Å². The largest absolute Gasteiger partial charge is 0.335 e. The van der Waals surface area contributed by atoms with E-state index in [9.17, 15) is 19.7 Å². The smallest absolute Gasteiger partial charge is 0.319 e. The van der Waals surface area contributed by atoms with Crippen LogP contribution in [0.1, 0.15) is 25.7 Å². The van der Waals surface area contributed by atoms with Crippen molar-refractivity contribution in [3.63, 3.8) is 0 Å². The van der Waals surface area contributed by atoms with Crippen LogP contribution in [0.5, 0.6) is 0 Å². The quantitative estimate of drug-likeness (QED) is 0.487. The van der Waals surface area contributed by atoms with Crippen molar-refractivity contribution < 1.29 is 14.5 Å². The van der Waals surface area contributed by atoms with Crippen LogP contribution in [0.25, 0.3) is 0 Å². The first kappa shape index (κ1) is 20.8. The van der Waals surface area contributed by atoms with E-state index in [1.807, 2.05) is 30.3 Å². The van der Waals surface area contributed by atoms with Gasteiger partial charge in [0.15, 0.2) is 0 Å². The Kier molecular flexibility index (Phi) is 6.13. The van der Waals surface area contributed by atoms with Gasteiger partial charge in [0.2, 0.25) is 5.91 Å². The van der Waals surface area contributed by atoms with Crippen LogP contribution in [-0.4, -0.2) is 46.4 Å². The Morgan fingerprint density at radius 3 is 2.29 bits per heavy atom. The number of hydrogen-bond acceptors (Lipinski definition) is 5. The molecule has 0 spiro atoms. The molecule has 0 saturated carbocycles. The first-order valence-corrected chi connectivity index (χ1v) is 10.4. The van der Waals surface area contributed by atoms with Gasteiger partial charge >= 0.3 is 6.03 Å². The number of para-hydroxylation sites is 3. The van der Waals surface area contributed by atoms with Crippen LogP contribution >= 0.6 is 0 Å². The monoisotopic (exact) mass is 423 g/mol. The number of nitrogens with one attached hydrogen (secondary N) is 3. The number of benzene rings is 2. The summed E-state index contributed by atoms with van der Waals surface area (Å²) < 4.78 is 0. The number of anilines is 2. The Balaban J connectivity index is 1.31. The number of urea groups is 1. The van der Waals surface area contributed by atoms with Gasteiger partial charge in [0.25, 0.3) is 5.69 Å². The summed E-state index contributed by atoms with van der Waals surface area (Å²) in [6.45, 7) is 0.185. The Bertz CT molecular complexity index is 953. The van der Waals surface area contributed by atoms with Crippen molar-refractivity contribution in [3.05, 3.63) is 64.7 Å². The van der Waals surface area contributed by atoms with Crippen LogP contribution in [0.3, 0.4) is 0 Å². The second-order valence-electron chi connectivity index (χ2n) is 8.01. The number of carbonyl (C=O) groups excluding carboxylic acids is 2. The third-order valence-corrected chi connectivity index (χ3v) is 5.95. The fourth-order valence-corrected chi connectivity index (χ4v) is 4.62. The van der Waals surface area contributed by atoms with Crippen LogP contribution < -0.4 is 16.0 Å². The molecule has 3 amide bonds. The highest BCUT2D eigenvalue weighted by Gasteiger charge is 2.41. The van der Waals surface area contributed by atoms with Crippen LogP contribution in [0.2, 0.25) is 0 Å². The zero-order chi connectivity index (χ0) is 21.8. The maximum atomic E-state index is 12.6. The Labute approximate surface area is 180 Å². The first-order valence-electron chi connectivity index (χ1n) is 10.4. The van der Waals surface area contributed by atoms with Crippen LogP contribution in [-0.2, 0) is 4.79 Å². The van der Waals surface area contributed by atoms with Crippen molar-refractivity contribution in [3.8, 4) is 0 Å². The molecule has 0 radical (unpaired) electrons. The second kappa shape index (κ2) is 9.13. The Morgan fingerprint density at radius 1 is 0.968 bits per heavy atom. The van der Waals surface area contributed by atoms with Gasteiger partial charge in [-0.3, -0.25) is 19.8 Å². The summed E-state index contributed by atoms with van der Waals surface area (Å²) in [6, 6.07) is 15.7. The molecule has 0 aromatic heterocycles. The standard InChI is InChI=1S/C22H25N5O4/c28-21(25-19-8-4-5-9-20(19)27(30)31)14-26-17-10-11-18(26)13-16(12-17)24-22(29)23-15-6-2-1-3-7-15/h1-9,16-18H,10-14H2,(H,25,28)(H2,23,24,29). The molecule has 2 aromatic rings. The van der Waals surface area contributed by atoms with E-state index >= 15 is 0 Å². The molecule has 4 rings (SSSR count). The molecular formula is C22H25N5O4. The summed E-state index contributed by atoms with van der Waals surface area (Å²) in [6.07, 6.45) is 3.50. The van der Waals surface area contributed by atoms with Crippen LogP contribution in [0.15, 0.2) is 54.6 Å². The molecule has 2 bridgehead atoms. The SMILES string of the molecule is O=C(CN1C2CCC1CC(NC(=O)Nc1ccccc1)C2)Nc1ccccc1[N+](=O)[O-]. The summed E-state index contributed by atoms with van der Waals surface area (Å²) in [4.78, 5) is 37.7. The average Bonchev–Trinajstić information content (AvgIpc) is 2.97. The third-order valence-electron chi connectivity index (χ3n) is 5.95. The molecular weight excluding hydrogens is 398 g/mol. The minimum absolute atomic E-state index is 0.0516. The minimum atomic E-state index is -0.503. The average molecular weight is 423 g/mol. The third kappa shape index (κ3) is 5.00. The lowest BCUT2D eigenvalue weighted by Crippen LogP contribution is -2.52. The van der Waals surface area contributed by atoms with E-state index in [1.54, 1.807) is 12.1 Å². The zero-order valence-electron chi connectivity index (χ0n) is 17.0. The molecule has 31 heavy (non-hydrogen) atoms. The molecule has 2 fully saturated rings. The number of nitrogens with zero attached hydrogens (tertiary/aromatic N) is 2. The predicted molar refractivity (Wildman–Crippen MR) is 117 cm³/mol. The molecule has 2 aromatic carbocycles. The van der Waals surface area contributed by atoms with E-state index in [0.29, 0.717) is 0 Å². The number of rotatable bonds is 6. The number of carbonyl (C=O) groups is 2. The Hall–Kier alpha value is -3.46. The number of nitro benzene ring substituents is 1. The Morgan fingerprint density at radius 2 is 1.61 bits per heavy atom. The molecule has 2 aliphatic heterocycles. The van der Waals surface area contributed by atoms with Crippen molar-refractivity contribution in [2.75, 3.05) is 17.2 Å². The number of hydrogen-bond donors (Lipinski definition) is 3. The van der Waals surface area contributed by atoms with Crippen LogP contribution in [0.4, 0.5) is 21.9 Å². The molecule has 0 aliphatic carbocycles. The molecule has 2 saturated heterocycles. The van der Waals surface area contributed by atoms with Crippen molar-refractivity contribution in [2.45, 2.75) is 43.8 Å². The van der Waals surface area contributed by atoms with Gasteiger partial charge in [0.1, 0.15) is 5.69 Å². The maximum Gasteiger partial charge on any atom is 0.319 e. The molecule has 9 heteroatoms. The molecule has 2 heterocycles. The molecule has 2 aliphatic rings. The van der Waals surface area contributed by atoms with Gasteiger partial charge in [-0.25, -0.2) is 4.79 Å². The van der Waals surface area contributed by atoms with Gasteiger partial charge in [-0.05, 0) is 43.9 Å². The summed E-state index contributed by atoms with van der Waals surface area (Å²) in [5.74, 6) is -0.264. The van der Waals surface area contributed by atoms with Gasteiger partial charge in [-0.15, -0.1) is 0 Å². The lowest BCUT2D eigenvalue weighted by Gasteiger charge is -2.38. The van der Waals surface area contributed by atoms with E-state index in [0.717, 1.165) is 31.4 Å². The fourth-order valence-electron chi connectivity index (χ4n) is 4.62. The summed E-state index contributed by atoms with van der Waals surface area (Å²) in [5.41, 5.74) is 0.831. The maximum absolute atomic E-state index is 12.6. The van der Waals surface area contributed by atoms with Gasteiger partial charge < -0.3 is 16.0 Å². The fraction of sp³-hybridized carbons (Fsp3) is 0.364. The van der Waals surface area contributed by atoms with E-state index in [1.165, 1.54) is 12.1 Å². The first-order chi connectivity index (χ1) is 15.0. The number of amides is 3. The van der Waals surface area contributed by atoms with Crippen molar-refractivity contribution >= 4 is 29.0 Å². The van der Waals surface area contributed by atoms with Crippen molar-refractivity contribution in [1.82, 2.24) is 10.2 Å². The van der Waals surface area contributed by atoms with E-state index in [2.05, 4.69) is 20.9 Å². The lowest BCUT2D eigenvalue weighted by atomic mass is 9.97. The van der Waals surface area contributed by atoms with E-state index in [-0.39, 0.29) is 48.0 Å². The highest BCUT2D eigenvalue weighted by molar-refractivity contribution is 5.94. The van der Waals surface area contributed by atoms with Gasteiger partial charge in [-0.1, -0.05) is 30.3 Å². The van der Waals surface area contributed by atoms with Crippen molar-refractivity contribution in [1.29, 1.82) is 0 Å². The highest BCUT2D eigenvalue weighted by atomic mass is 16.6. The highest BCUT2D eigenvalue weighted by Crippen LogP contribution is 2.35. The summed E-state index contributed by atoms with van der Waals surface area (Å²) in [7, 11) is 0. The molecule has 162 valence electrons. The number of nitro groups is 1. The van der Waals surface area contributed by atoms with E-state index < -0.39 is 4.92 Å². The predicted octanol–water partition coefficient (Wildman–Crippen LogP) is 3.35. The molecule has 2 unspecified atom stereocenters. The van der Waals surface area contributed by atoms with E-state index in [4.69, 9.17) is 0 Å². The summed E-state index contributed by atoms with van der Waals surface area (Å²) >= 11 is 0. The molecule has 9 nitrogen and oxygen atoms in total. The minimum Gasteiger partial charge on any atom is -0.335 e. The number of piperidine rings is 1. The van der Waals surface area contributed by atoms with Gasteiger partial charge in [0, 0.05) is 29.9 Å². The van der Waals surface area contributed by atoms with Gasteiger partial charge in [-0.2, -0.15) is 0 Å². The molecule has 3 N–H and O–H groups in total. The second-order valence-corrected chi connectivity index (χ2v) is 8.01. The molecule has 2 atom stereocenters. The number of fused-ring (bicyclic) bond motifs is 2.